The van der Waals surface area contributed by atoms with Gasteiger partial charge in [0.1, 0.15) is 5.69 Å². The lowest BCUT2D eigenvalue weighted by Crippen LogP contribution is -2.44. The lowest BCUT2D eigenvalue weighted by molar-refractivity contribution is -0.121. The molecule has 1 aromatic rings. The summed E-state index contributed by atoms with van der Waals surface area (Å²) < 4.78 is 0.944. The van der Waals surface area contributed by atoms with Gasteiger partial charge in [-0.3, -0.25) is 9.59 Å². The van der Waals surface area contributed by atoms with Crippen LogP contribution in [0.2, 0.25) is 0 Å². The van der Waals surface area contributed by atoms with Crippen molar-refractivity contribution < 1.29 is 4.79 Å². The number of nitrogens with one attached hydrogen (secondary N) is 1. The number of carbonyl (C=O) groups excluding carboxylic acids is 1. The van der Waals surface area contributed by atoms with Crippen LogP contribution in [0.25, 0.3) is 0 Å². The maximum Gasteiger partial charge on any atom is 0.294 e. The van der Waals surface area contributed by atoms with E-state index in [0.29, 0.717) is 5.92 Å². The molecule has 0 aliphatic heterocycles. The van der Waals surface area contributed by atoms with Crippen LogP contribution >= 0.6 is 11.8 Å². The molecule has 7 nitrogen and oxygen atoms in total. The number of hydrogen-bond donors (Lipinski definition) is 2. The van der Waals surface area contributed by atoms with Gasteiger partial charge < -0.3 is 11.2 Å². The van der Waals surface area contributed by atoms with E-state index >= 15 is 0 Å². The first-order chi connectivity index (χ1) is 10.4. The average molecular weight is 325 g/mol. The van der Waals surface area contributed by atoms with E-state index in [0.717, 1.165) is 35.7 Å². The minimum Gasteiger partial charge on any atom is -0.352 e. The van der Waals surface area contributed by atoms with Gasteiger partial charge in [0.15, 0.2) is 0 Å². The lowest BCUT2D eigenvalue weighted by atomic mass is 9.86. The number of nitrogens with zero attached hydrogens (tertiary/aromatic N) is 3. The molecule has 3 N–H and O–H groups in total. The Morgan fingerprint density at radius 3 is 2.77 bits per heavy atom. The van der Waals surface area contributed by atoms with Crippen molar-refractivity contribution in [2.45, 2.75) is 62.9 Å². The fourth-order valence-corrected chi connectivity index (χ4v) is 3.37. The topological polar surface area (TPSA) is 103 Å². The van der Waals surface area contributed by atoms with Crippen molar-refractivity contribution in [3.05, 3.63) is 16.0 Å². The van der Waals surface area contributed by atoms with Gasteiger partial charge in [-0.15, -0.1) is 10.2 Å². The molecule has 1 aromatic heterocycles. The van der Waals surface area contributed by atoms with E-state index in [-0.39, 0.29) is 28.0 Å². The number of aryl methyl sites for hydroxylation is 1. The van der Waals surface area contributed by atoms with Gasteiger partial charge >= 0.3 is 0 Å². The van der Waals surface area contributed by atoms with Crippen LogP contribution in [0.3, 0.4) is 0 Å². The molecule has 8 heteroatoms. The summed E-state index contributed by atoms with van der Waals surface area (Å²) in [6.45, 7) is 5.50. The van der Waals surface area contributed by atoms with E-state index in [1.165, 1.54) is 6.42 Å². The van der Waals surface area contributed by atoms with Crippen molar-refractivity contribution in [3.63, 3.8) is 0 Å². The number of thioether (sulfide) groups is 1. The molecule has 3 atom stereocenters. The van der Waals surface area contributed by atoms with Gasteiger partial charge in [0.25, 0.3) is 5.56 Å². The summed E-state index contributed by atoms with van der Waals surface area (Å²) in [6, 6.07) is 0.230. The van der Waals surface area contributed by atoms with Crippen LogP contribution in [0.5, 0.6) is 0 Å². The van der Waals surface area contributed by atoms with Crippen LogP contribution in [-0.2, 0) is 4.79 Å². The molecule has 1 heterocycles. The van der Waals surface area contributed by atoms with E-state index in [2.05, 4.69) is 22.4 Å². The smallest absolute Gasteiger partial charge is 0.294 e. The molecule has 1 aliphatic rings. The summed E-state index contributed by atoms with van der Waals surface area (Å²) in [5.41, 5.74) is -0.161. The standard InChI is InChI=1S/C14H23N5O2S/c1-8-6-4-5-7-11(8)16-12(20)10(3)22-14-18-17-9(2)13(21)19(14)15/h8,10-11H,4-7,15H2,1-3H3,(H,16,20)/t8-,10-,11-/m0/s1. The Morgan fingerprint density at radius 2 is 2.09 bits per heavy atom. The average Bonchev–Trinajstić information content (AvgIpc) is 2.50. The summed E-state index contributed by atoms with van der Waals surface area (Å²) >= 11 is 1.14. The second-order valence-corrected chi connectivity index (χ2v) is 7.19. The number of rotatable bonds is 4. The molecular formula is C14H23N5O2S. The van der Waals surface area contributed by atoms with Crippen LogP contribution in [0, 0.1) is 12.8 Å². The first kappa shape index (κ1) is 16.8. The molecule has 0 saturated heterocycles. The Balaban J connectivity index is 1.99. The Labute approximate surface area is 134 Å². The summed E-state index contributed by atoms with van der Waals surface area (Å²) in [5.74, 6) is 6.13. The van der Waals surface area contributed by atoms with Gasteiger partial charge in [-0.1, -0.05) is 31.5 Å². The van der Waals surface area contributed by atoms with Crippen molar-refractivity contribution in [1.82, 2.24) is 20.2 Å². The molecule has 1 amide bonds. The van der Waals surface area contributed by atoms with Gasteiger partial charge in [-0.2, -0.15) is 4.68 Å². The fraction of sp³-hybridized carbons (Fsp3) is 0.714. The fourth-order valence-electron chi connectivity index (χ4n) is 2.59. The minimum absolute atomic E-state index is 0.0569. The zero-order valence-corrected chi connectivity index (χ0v) is 14.0. The van der Waals surface area contributed by atoms with Crippen molar-refractivity contribution in [1.29, 1.82) is 0 Å². The van der Waals surface area contributed by atoms with Crippen molar-refractivity contribution >= 4 is 17.7 Å². The van der Waals surface area contributed by atoms with Crippen molar-refractivity contribution in [2.24, 2.45) is 5.92 Å². The Morgan fingerprint density at radius 1 is 1.41 bits per heavy atom. The first-order valence-corrected chi connectivity index (χ1v) is 8.46. The molecule has 1 saturated carbocycles. The van der Waals surface area contributed by atoms with Crippen LogP contribution in [0.1, 0.15) is 45.2 Å². The molecule has 0 bridgehead atoms. The van der Waals surface area contributed by atoms with E-state index < -0.39 is 5.56 Å². The molecule has 0 spiro atoms. The first-order valence-electron chi connectivity index (χ1n) is 7.58. The number of carbonyl (C=O) groups is 1. The number of nitrogen functional groups attached to an aromatic ring is 1. The predicted octanol–water partition coefficient (Wildman–Crippen LogP) is 0.836. The van der Waals surface area contributed by atoms with Gasteiger partial charge in [0.05, 0.1) is 5.25 Å². The number of nitrogens with two attached hydrogens (primary N) is 1. The normalized spacial score (nSPS) is 23.0. The van der Waals surface area contributed by atoms with Gasteiger partial charge in [0.2, 0.25) is 11.1 Å². The molecule has 1 aliphatic carbocycles. The third-order valence-corrected chi connectivity index (χ3v) is 5.17. The summed E-state index contributed by atoms with van der Waals surface area (Å²) in [6.07, 6.45) is 4.56. The Bertz CT molecular complexity index is 603. The Hall–Kier alpha value is -1.57. The lowest BCUT2D eigenvalue weighted by Gasteiger charge is -2.30. The second kappa shape index (κ2) is 7.13. The minimum atomic E-state index is -0.397. The SMILES string of the molecule is Cc1nnc(S[C@@H](C)C(=O)N[C@H]2CCCC[C@@H]2C)n(N)c1=O. The maximum absolute atomic E-state index is 12.3. The summed E-state index contributed by atoms with van der Waals surface area (Å²) in [4.78, 5) is 24.0. The van der Waals surface area contributed by atoms with Gasteiger partial charge in [0, 0.05) is 6.04 Å². The predicted molar refractivity (Wildman–Crippen MR) is 86.1 cm³/mol. The zero-order valence-electron chi connectivity index (χ0n) is 13.2. The number of hydrogen-bond acceptors (Lipinski definition) is 6. The van der Waals surface area contributed by atoms with Crippen molar-refractivity contribution in [3.8, 4) is 0 Å². The van der Waals surface area contributed by atoms with E-state index in [1.54, 1.807) is 13.8 Å². The molecule has 0 aromatic carbocycles. The molecule has 0 radical (unpaired) electrons. The summed E-state index contributed by atoms with van der Waals surface area (Å²) in [5, 5.41) is 10.6. The third kappa shape index (κ3) is 3.79. The highest BCUT2D eigenvalue weighted by molar-refractivity contribution is 8.00. The monoisotopic (exact) mass is 325 g/mol. The molecule has 122 valence electrons. The zero-order chi connectivity index (χ0) is 16.3. The number of amides is 1. The highest BCUT2D eigenvalue weighted by Gasteiger charge is 2.26. The molecular weight excluding hydrogens is 302 g/mol. The second-order valence-electron chi connectivity index (χ2n) is 5.88. The van der Waals surface area contributed by atoms with E-state index in [1.807, 2.05) is 0 Å². The van der Waals surface area contributed by atoms with Gasteiger partial charge in [-0.05, 0) is 32.6 Å². The number of aromatic nitrogens is 3. The third-order valence-electron chi connectivity index (χ3n) is 4.11. The molecule has 22 heavy (non-hydrogen) atoms. The van der Waals surface area contributed by atoms with Crippen LogP contribution in [0.15, 0.2) is 9.95 Å². The highest BCUT2D eigenvalue weighted by atomic mass is 32.2. The quantitative estimate of drug-likeness (QED) is 0.628. The summed E-state index contributed by atoms with van der Waals surface area (Å²) in [7, 11) is 0. The van der Waals surface area contributed by atoms with Crippen LogP contribution in [-0.4, -0.2) is 32.1 Å². The van der Waals surface area contributed by atoms with Gasteiger partial charge in [-0.25, -0.2) is 0 Å². The maximum atomic E-state index is 12.3. The van der Waals surface area contributed by atoms with E-state index in [9.17, 15) is 9.59 Å². The van der Waals surface area contributed by atoms with Crippen molar-refractivity contribution in [2.75, 3.05) is 5.84 Å². The van der Waals surface area contributed by atoms with Crippen LogP contribution < -0.4 is 16.7 Å². The molecule has 0 unspecified atom stereocenters. The van der Waals surface area contributed by atoms with E-state index in [4.69, 9.17) is 5.84 Å². The molecule has 1 fully saturated rings. The highest BCUT2D eigenvalue weighted by Crippen LogP contribution is 2.25. The molecule has 2 rings (SSSR count). The van der Waals surface area contributed by atoms with Crippen LogP contribution in [0.4, 0.5) is 0 Å². The largest absolute Gasteiger partial charge is 0.352 e. The Kier molecular flexibility index (Phi) is 5.44.